The van der Waals surface area contributed by atoms with E-state index in [1.165, 1.54) is 7.11 Å². The van der Waals surface area contributed by atoms with Crippen molar-refractivity contribution >= 4 is 11.8 Å². The van der Waals surface area contributed by atoms with Crippen LogP contribution in [0.2, 0.25) is 0 Å². The first-order chi connectivity index (χ1) is 14.6. The maximum absolute atomic E-state index is 13.0. The Morgan fingerprint density at radius 2 is 1.43 bits per heavy atom. The number of amides is 2. The Balaban J connectivity index is 1.75. The van der Waals surface area contributed by atoms with E-state index < -0.39 is 11.8 Å². The molecule has 30 heavy (non-hydrogen) atoms. The lowest BCUT2D eigenvalue weighted by molar-refractivity contribution is -0.122. The van der Waals surface area contributed by atoms with Crippen molar-refractivity contribution in [2.75, 3.05) is 13.7 Å². The Kier molecular flexibility index (Phi) is 7.05. The van der Waals surface area contributed by atoms with Gasteiger partial charge in [0, 0.05) is 5.56 Å². The van der Waals surface area contributed by atoms with Crippen molar-refractivity contribution < 1.29 is 19.1 Å². The summed E-state index contributed by atoms with van der Waals surface area (Å²) in [5.74, 6) is -0.345. The number of ether oxygens (including phenoxy) is 2. The number of methoxy groups -OCH3 is 1. The minimum atomic E-state index is -0.553. The highest BCUT2D eigenvalue weighted by atomic mass is 16.5. The van der Waals surface area contributed by atoms with E-state index >= 15 is 0 Å². The lowest BCUT2D eigenvalue weighted by atomic mass is 9.91. The number of hydrazine groups is 1. The van der Waals surface area contributed by atoms with Gasteiger partial charge < -0.3 is 9.47 Å². The Labute approximate surface area is 175 Å². The molecule has 3 rings (SSSR count). The smallest absolute Gasteiger partial charge is 0.269 e. The largest absolute Gasteiger partial charge is 0.493 e. The van der Waals surface area contributed by atoms with Gasteiger partial charge in [-0.15, -0.1) is 0 Å². The molecule has 0 aliphatic rings. The van der Waals surface area contributed by atoms with Crippen LogP contribution in [0.5, 0.6) is 11.5 Å². The van der Waals surface area contributed by atoms with Crippen LogP contribution in [-0.2, 0) is 4.79 Å². The summed E-state index contributed by atoms with van der Waals surface area (Å²) in [6, 6.07) is 23.7. The van der Waals surface area contributed by atoms with Crippen molar-refractivity contribution in [3.63, 3.8) is 0 Å². The van der Waals surface area contributed by atoms with Crippen LogP contribution in [0.25, 0.3) is 0 Å². The second-order valence-electron chi connectivity index (χ2n) is 6.50. The first kappa shape index (κ1) is 20.9. The highest BCUT2D eigenvalue weighted by molar-refractivity contribution is 5.97. The minimum Gasteiger partial charge on any atom is -0.493 e. The molecule has 0 atom stereocenters. The fraction of sp³-hybridized carbons (Fsp3) is 0.167. The van der Waals surface area contributed by atoms with Gasteiger partial charge in [-0.25, -0.2) is 0 Å². The fourth-order valence-electron chi connectivity index (χ4n) is 3.13. The molecule has 0 aliphatic carbocycles. The zero-order valence-corrected chi connectivity index (χ0v) is 16.9. The van der Waals surface area contributed by atoms with Gasteiger partial charge in [-0.1, -0.05) is 60.7 Å². The Morgan fingerprint density at radius 3 is 1.97 bits per heavy atom. The van der Waals surface area contributed by atoms with E-state index in [2.05, 4.69) is 10.9 Å². The molecule has 0 bridgehead atoms. The van der Waals surface area contributed by atoms with Gasteiger partial charge in [0.1, 0.15) is 0 Å². The van der Waals surface area contributed by atoms with Gasteiger partial charge >= 0.3 is 0 Å². The number of carbonyl (C=O) groups is 2. The first-order valence-electron chi connectivity index (χ1n) is 9.65. The van der Waals surface area contributed by atoms with E-state index in [1.807, 2.05) is 67.6 Å². The molecule has 2 N–H and O–H groups in total. The molecule has 0 saturated carbocycles. The first-order valence-corrected chi connectivity index (χ1v) is 9.65. The monoisotopic (exact) mass is 404 g/mol. The second-order valence-corrected chi connectivity index (χ2v) is 6.50. The maximum Gasteiger partial charge on any atom is 0.269 e. The molecule has 3 aromatic carbocycles. The summed E-state index contributed by atoms with van der Waals surface area (Å²) in [5, 5.41) is 0. The van der Waals surface area contributed by atoms with Crippen molar-refractivity contribution in [1.82, 2.24) is 10.9 Å². The number of hydrogen-bond acceptors (Lipinski definition) is 4. The lowest BCUT2D eigenvalue weighted by Crippen LogP contribution is -2.44. The topological polar surface area (TPSA) is 76.7 Å². The SMILES string of the molecule is CCOc1ccc(C(=O)NNC(=O)C(c2ccccc2)c2ccccc2)cc1OC. The summed E-state index contributed by atoms with van der Waals surface area (Å²) in [7, 11) is 1.51. The molecule has 0 fully saturated rings. The number of hydrogen-bond donors (Lipinski definition) is 2. The van der Waals surface area contributed by atoms with Crippen molar-refractivity contribution in [2.45, 2.75) is 12.8 Å². The molecule has 0 radical (unpaired) electrons. The zero-order chi connectivity index (χ0) is 21.3. The van der Waals surface area contributed by atoms with Gasteiger partial charge in [-0.2, -0.15) is 0 Å². The highest BCUT2D eigenvalue weighted by Crippen LogP contribution is 2.28. The van der Waals surface area contributed by atoms with E-state index in [0.717, 1.165) is 11.1 Å². The summed E-state index contributed by atoms with van der Waals surface area (Å²) < 4.78 is 10.7. The number of rotatable bonds is 7. The van der Waals surface area contributed by atoms with E-state index in [0.29, 0.717) is 23.7 Å². The van der Waals surface area contributed by atoms with Gasteiger partial charge in [0.05, 0.1) is 19.6 Å². The van der Waals surface area contributed by atoms with Gasteiger partial charge in [-0.05, 0) is 36.2 Å². The Hall–Kier alpha value is -3.80. The van der Waals surface area contributed by atoms with Crippen molar-refractivity contribution in [2.24, 2.45) is 0 Å². The normalized spacial score (nSPS) is 10.4. The zero-order valence-electron chi connectivity index (χ0n) is 16.9. The summed E-state index contributed by atoms with van der Waals surface area (Å²) in [4.78, 5) is 25.5. The van der Waals surface area contributed by atoms with Crippen LogP contribution >= 0.6 is 0 Å². The Bertz CT molecular complexity index is 951. The average molecular weight is 404 g/mol. The maximum atomic E-state index is 13.0. The number of benzene rings is 3. The molecule has 0 saturated heterocycles. The molecule has 0 aromatic heterocycles. The van der Waals surface area contributed by atoms with Crippen LogP contribution in [0.4, 0.5) is 0 Å². The van der Waals surface area contributed by atoms with Crippen LogP contribution in [0.15, 0.2) is 78.9 Å². The molecule has 3 aromatic rings. The number of carbonyl (C=O) groups excluding carboxylic acids is 2. The second kappa shape index (κ2) is 10.1. The predicted octanol–water partition coefficient (Wildman–Crippen LogP) is 3.69. The third-order valence-corrected chi connectivity index (χ3v) is 4.55. The molecule has 6 nitrogen and oxygen atoms in total. The molecule has 154 valence electrons. The van der Waals surface area contributed by atoms with Gasteiger partial charge in [0.25, 0.3) is 5.91 Å². The Morgan fingerprint density at radius 1 is 0.833 bits per heavy atom. The van der Waals surface area contributed by atoms with Crippen LogP contribution < -0.4 is 20.3 Å². The van der Waals surface area contributed by atoms with Crippen molar-refractivity contribution in [3.05, 3.63) is 95.6 Å². The fourth-order valence-corrected chi connectivity index (χ4v) is 3.13. The van der Waals surface area contributed by atoms with Gasteiger partial charge in [0.15, 0.2) is 11.5 Å². The highest BCUT2D eigenvalue weighted by Gasteiger charge is 2.23. The molecular formula is C24H24N2O4. The third-order valence-electron chi connectivity index (χ3n) is 4.55. The van der Waals surface area contributed by atoms with E-state index in [1.54, 1.807) is 18.2 Å². The molecule has 0 unspecified atom stereocenters. The van der Waals surface area contributed by atoms with Crippen LogP contribution in [0, 0.1) is 0 Å². The molecule has 6 heteroatoms. The van der Waals surface area contributed by atoms with Gasteiger partial charge in [0.2, 0.25) is 5.91 Å². The molecular weight excluding hydrogens is 380 g/mol. The third kappa shape index (κ3) is 4.97. The van der Waals surface area contributed by atoms with Crippen molar-refractivity contribution in [1.29, 1.82) is 0 Å². The van der Waals surface area contributed by atoms with E-state index in [-0.39, 0.29) is 5.91 Å². The summed E-state index contributed by atoms with van der Waals surface area (Å²) in [6.07, 6.45) is 0. The minimum absolute atomic E-state index is 0.335. The summed E-state index contributed by atoms with van der Waals surface area (Å²) in [5.41, 5.74) is 7.03. The lowest BCUT2D eigenvalue weighted by Gasteiger charge is -2.18. The van der Waals surface area contributed by atoms with Crippen LogP contribution in [-0.4, -0.2) is 25.5 Å². The summed E-state index contributed by atoms with van der Waals surface area (Å²) >= 11 is 0. The van der Waals surface area contributed by atoms with Gasteiger partial charge in [-0.3, -0.25) is 20.4 Å². The number of nitrogens with one attached hydrogen (secondary N) is 2. The molecule has 0 heterocycles. The average Bonchev–Trinajstić information content (AvgIpc) is 2.79. The molecule has 0 spiro atoms. The quantitative estimate of drug-likeness (QED) is 0.589. The van der Waals surface area contributed by atoms with Crippen LogP contribution in [0.1, 0.15) is 34.3 Å². The summed E-state index contributed by atoms with van der Waals surface area (Å²) in [6.45, 7) is 2.35. The molecule has 2 amide bonds. The van der Waals surface area contributed by atoms with E-state index in [9.17, 15) is 9.59 Å². The predicted molar refractivity (Wildman–Crippen MR) is 114 cm³/mol. The van der Waals surface area contributed by atoms with E-state index in [4.69, 9.17) is 9.47 Å². The standard InChI is InChI=1S/C24H24N2O4/c1-3-30-20-15-14-19(16-21(20)29-2)23(27)25-26-24(28)22(17-10-6-4-7-11-17)18-12-8-5-9-13-18/h4-16,22H,3H2,1-2H3,(H,25,27)(H,26,28). The van der Waals surface area contributed by atoms with Crippen molar-refractivity contribution in [3.8, 4) is 11.5 Å². The molecule has 0 aliphatic heterocycles. The van der Waals surface area contributed by atoms with Crippen LogP contribution in [0.3, 0.4) is 0 Å².